The second-order valence-electron chi connectivity index (χ2n) is 6.94. The molecule has 1 fully saturated rings. The summed E-state index contributed by atoms with van der Waals surface area (Å²) in [6.07, 6.45) is -3.08. The average Bonchev–Trinajstić information content (AvgIpc) is 2.77. The zero-order chi connectivity index (χ0) is 22.3. The van der Waals surface area contributed by atoms with E-state index in [0.29, 0.717) is 38.3 Å². The molecule has 3 rings (SSSR count). The number of amides is 2. The Bertz CT molecular complexity index is 871. The van der Waals surface area contributed by atoms with Crippen molar-refractivity contribution in [2.75, 3.05) is 44.3 Å². The normalized spacial score (nSPS) is 14.3. The summed E-state index contributed by atoms with van der Waals surface area (Å²) in [5, 5.41) is 2.79. The number of urea groups is 1. The number of hydrogen-bond acceptors (Lipinski definition) is 5. The number of halogens is 3. The van der Waals surface area contributed by atoms with Crippen LogP contribution in [0.4, 0.5) is 23.7 Å². The largest absolute Gasteiger partial charge is 0.492 e. The van der Waals surface area contributed by atoms with E-state index in [1.807, 2.05) is 31.2 Å². The minimum Gasteiger partial charge on any atom is -0.492 e. The first-order chi connectivity index (χ1) is 14.9. The van der Waals surface area contributed by atoms with Crippen LogP contribution in [0, 0.1) is 0 Å². The third kappa shape index (κ3) is 6.66. The van der Waals surface area contributed by atoms with Gasteiger partial charge in [-0.05, 0) is 30.7 Å². The first-order valence-corrected chi connectivity index (χ1v) is 10.00. The van der Waals surface area contributed by atoms with E-state index in [1.54, 1.807) is 11.0 Å². The van der Waals surface area contributed by atoms with Gasteiger partial charge in [-0.15, -0.1) is 0 Å². The number of benzene rings is 1. The third-order valence-electron chi connectivity index (χ3n) is 4.70. The van der Waals surface area contributed by atoms with E-state index >= 15 is 0 Å². The number of carbonyl (C=O) groups is 1. The van der Waals surface area contributed by atoms with Gasteiger partial charge in [-0.25, -0.2) is 9.78 Å². The van der Waals surface area contributed by atoms with Crippen LogP contribution in [0.5, 0.6) is 11.6 Å². The minimum atomic E-state index is -4.43. The molecule has 10 heteroatoms. The Morgan fingerprint density at radius 3 is 2.58 bits per heavy atom. The van der Waals surface area contributed by atoms with E-state index in [0.717, 1.165) is 11.4 Å². The molecule has 0 aliphatic carbocycles. The maximum absolute atomic E-state index is 12.5. The van der Waals surface area contributed by atoms with E-state index in [9.17, 15) is 18.0 Å². The van der Waals surface area contributed by atoms with Gasteiger partial charge in [-0.2, -0.15) is 13.2 Å². The smallest absolute Gasteiger partial charge is 0.422 e. The van der Waals surface area contributed by atoms with E-state index < -0.39 is 12.8 Å². The van der Waals surface area contributed by atoms with Crippen molar-refractivity contribution in [3.8, 4) is 11.6 Å². The van der Waals surface area contributed by atoms with Crippen LogP contribution in [0.3, 0.4) is 0 Å². The number of para-hydroxylation sites is 2. The fourth-order valence-corrected chi connectivity index (χ4v) is 3.23. The molecule has 0 spiro atoms. The fourth-order valence-electron chi connectivity index (χ4n) is 3.23. The number of piperazine rings is 1. The molecule has 1 aliphatic rings. The Morgan fingerprint density at radius 1 is 1.13 bits per heavy atom. The molecule has 2 amide bonds. The second-order valence-corrected chi connectivity index (χ2v) is 6.94. The summed E-state index contributed by atoms with van der Waals surface area (Å²) in [5.41, 5.74) is 1.61. The lowest BCUT2D eigenvalue weighted by atomic mass is 10.2. The van der Waals surface area contributed by atoms with Gasteiger partial charge in [0.25, 0.3) is 0 Å². The summed E-state index contributed by atoms with van der Waals surface area (Å²) in [4.78, 5) is 20.2. The van der Waals surface area contributed by atoms with Gasteiger partial charge in [-0.1, -0.05) is 12.1 Å². The number of nitrogens with zero attached hydrogens (tertiary/aromatic N) is 3. The highest BCUT2D eigenvalue weighted by molar-refractivity contribution is 5.74. The predicted octanol–water partition coefficient (Wildman–Crippen LogP) is 3.45. The summed E-state index contributed by atoms with van der Waals surface area (Å²) >= 11 is 0. The fraction of sp³-hybridized carbons (Fsp3) is 0.429. The number of pyridine rings is 1. The van der Waals surface area contributed by atoms with Gasteiger partial charge in [0.15, 0.2) is 6.61 Å². The lowest BCUT2D eigenvalue weighted by Gasteiger charge is -2.36. The SMILES string of the molecule is CCOc1ccccc1N1CCN(C(=O)NCc2ccnc(OCC(F)(F)F)c2)CC1. The van der Waals surface area contributed by atoms with Crippen LogP contribution in [0.25, 0.3) is 0 Å². The lowest BCUT2D eigenvalue weighted by Crippen LogP contribution is -2.51. The molecular weight excluding hydrogens is 413 g/mol. The number of ether oxygens (including phenoxy) is 2. The maximum Gasteiger partial charge on any atom is 0.422 e. The maximum atomic E-state index is 12.5. The van der Waals surface area contributed by atoms with Gasteiger partial charge >= 0.3 is 12.2 Å². The van der Waals surface area contributed by atoms with Gasteiger partial charge in [-0.3, -0.25) is 0 Å². The Hall–Kier alpha value is -3.17. The predicted molar refractivity (Wildman–Crippen MR) is 109 cm³/mol. The number of carbonyl (C=O) groups excluding carboxylic acids is 1. The van der Waals surface area contributed by atoms with Gasteiger partial charge in [0.2, 0.25) is 5.88 Å². The highest BCUT2D eigenvalue weighted by Crippen LogP contribution is 2.28. The van der Waals surface area contributed by atoms with Gasteiger partial charge in [0.05, 0.1) is 12.3 Å². The van der Waals surface area contributed by atoms with Crippen molar-refractivity contribution >= 4 is 11.7 Å². The summed E-state index contributed by atoms with van der Waals surface area (Å²) < 4.78 is 47.1. The Morgan fingerprint density at radius 2 is 1.87 bits per heavy atom. The van der Waals surface area contributed by atoms with Crippen LogP contribution in [0.15, 0.2) is 42.6 Å². The Balaban J connectivity index is 1.49. The molecule has 168 valence electrons. The molecule has 0 saturated carbocycles. The van der Waals surface area contributed by atoms with Crippen molar-refractivity contribution < 1.29 is 27.4 Å². The van der Waals surface area contributed by atoms with Crippen molar-refractivity contribution in [3.05, 3.63) is 48.2 Å². The monoisotopic (exact) mass is 438 g/mol. The molecule has 1 N–H and O–H groups in total. The summed E-state index contributed by atoms with van der Waals surface area (Å²) in [6, 6.07) is 10.6. The number of nitrogens with one attached hydrogen (secondary N) is 1. The molecule has 0 bridgehead atoms. The quantitative estimate of drug-likeness (QED) is 0.717. The van der Waals surface area contributed by atoms with E-state index in [2.05, 4.69) is 19.9 Å². The average molecular weight is 438 g/mol. The van der Waals surface area contributed by atoms with Gasteiger partial charge in [0.1, 0.15) is 5.75 Å². The zero-order valence-corrected chi connectivity index (χ0v) is 17.2. The van der Waals surface area contributed by atoms with Gasteiger partial charge in [0, 0.05) is 45.0 Å². The summed E-state index contributed by atoms with van der Waals surface area (Å²) in [5.74, 6) is 0.690. The van der Waals surface area contributed by atoms with Crippen LogP contribution in [0.1, 0.15) is 12.5 Å². The summed E-state index contributed by atoms with van der Waals surface area (Å²) in [6.45, 7) is 3.70. The lowest BCUT2D eigenvalue weighted by molar-refractivity contribution is -0.154. The van der Waals surface area contributed by atoms with E-state index in [1.165, 1.54) is 12.3 Å². The Labute approximate surface area is 178 Å². The van der Waals surface area contributed by atoms with Crippen LogP contribution in [-0.2, 0) is 6.54 Å². The summed E-state index contributed by atoms with van der Waals surface area (Å²) in [7, 11) is 0. The highest BCUT2D eigenvalue weighted by atomic mass is 19.4. The molecular formula is C21H25F3N4O3. The number of aromatic nitrogens is 1. The number of rotatable bonds is 7. The molecule has 7 nitrogen and oxygen atoms in total. The van der Waals surface area contributed by atoms with Crippen molar-refractivity contribution in [2.24, 2.45) is 0 Å². The van der Waals surface area contributed by atoms with Crippen molar-refractivity contribution in [1.29, 1.82) is 0 Å². The molecule has 1 aromatic carbocycles. The molecule has 31 heavy (non-hydrogen) atoms. The highest BCUT2D eigenvalue weighted by Gasteiger charge is 2.28. The van der Waals surface area contributed by atoms with Crippen LogP contribution in [-0.4, -0.2) is 61.5 Å². The standard InChI is InChI=1S/C21H25F3N4O3/c1-2-30-18-6-4-3-5-17(18)27-9-11-28(12-10-27)20(29)26-14-16-7-8-25-19(13-16)31-15-21(22,23)24/h3-8,13H,2,9-12,14-15H2,1H3,(H,26,29). The molecule has 1 saturated heterocycles. The van der Waals surface area contributed by atoms with Crippen LogP contribution in [0.2, 0.25) is 0 Å². The minimum absolute atomic E-state index is 0.134. The second kappa shape index (κ2) is 10.2. The first-order valence-electron chi connectivity index (χ1n) is 10.00. The zero-order valence-electron chi connectivity index (χ0n) is 17.2. The van der Waals surface area contributed by atoms with Crippen molar-refractivity contribution in [2.45, 2.75) is 19.6 Å². The molecule has 0 atom stereocenters. The number of alkyl halides is 3. The molecule has 1 aliphatic heterocycles. The van der Waals surface area contributed by atoms with Crippen molar-refractivity contribution in [3.63, 3.8) is 0 Å². The van der Waals surface area contributed by atoms with Crippen LogP contribution < -0.4 is 19.7 Å². The van der Waals surface area contributed by atoms with E-state index in [-0.39, 0.29) is 18.5 Å². The van der Waals surface area contributed by atoms with Crippen LogP contribution >= 0.6 is 0 Å². The number of anilines is 1. The Kier molecular flexibility index (Phi) is 7.43. The topological polar surface area (TPSA) is 66.9 Å². The molecule has 2 aromatic rings. The molecule has 0 radical (unpaired) electrons. The van der Waals surface area contributed by atoms with E-state index in [4.69, 9.17) is 4.74 Å². The first kappa shape index (κ1) is 22.5. The third-order valence-corrected chi connectivity index (χ3v) is 4.70. The molecule has 1 aromatic heterocycles. The van der Waals surface area contributed by atoms with Gasteiger partial charge < -0.3 is 24.6 Å². The number of hydrogen-bond donors (Lipinski definition) is 1. The molecule has 0 unspecified atom stereocenters. The molecule has 2 heterocycles. The van der Waals surface area contributed by atoms with Crippen molar-refractivity contribution in [1.82, 2.24) is 15.2 Å².